The monoisotopic (exact) mass is 269 g/mol. The largest absolute Gasteiger partial charge is 0.397 e. The number of fused-ring (bicyclic) bond motifs is 1. The average Bonchev–Trinajstić information content (AvgIpc) is 2.43. The van der Waals surface area contributed by atoms with Gasteiger partial charge in [0.25, 0.3) is 0 Å². The Labute approximate surface area is 120 Å². The molecule has 1 aromatic heterocycles. The molecule has 0 amide bonds. The van der Waals surface area contributed by atoms with Gasteiger partial charge in [0.05, 0.1) is 11.2 Å². The number of hydrogen-bond acceptors (Lipinski definition) is 3. The second-order valence-corrected chi connectivity index (χ2v) is 6.28. The van der Waals surface area contributed by atoms with Gasteiger partial charge >= 0.3 is 0 Å². The molecule has 20 heavy (non-hydrogen) atoms. The lowest BCUT2D eigenvalue weighted by Crippen LogP contribution is -2.45. The maximum Gasteiger partial charge on any atom is 0.0951 e. The number of pyridine rings is 1. The Kier molecular flexibility index (Phi) is 3.28. The van der Waals surface area contributed by atoms with Gasteiger partial charge < -0.3 is 10.6 Å². The van der Waals surface area contributed by atoms with Crippen LogP contribution in [0.15, 0.2) is 30.5 Å². The number of nitrogen functional groups attached to an aromatic ring is 1. The van der Waals surface area contributed by atoms with Crippen molar-refractivity contribution in [3.05, 3.63) is 30.5 Å². The van der Waals surface area contributed by atoms with Crippen molar-refractivity contribution in [2.45, 2.75) is 33.2 Å². The first-order valence-electron chi connectivity index (χ1n) is 7.47. The number of aromatic nitrogens is 1. The first-order valence-corrected chi connectivity index (χ1v) is 7.47. The third kappa shape index (κ3) is 2.11. The standard InChI is InChI=1S/C17H23N3/c1-11-9-12(2)13(3)20(10-11)16-7-8-19-17-14(16)5-4-6-15(17)18/h4-8,11-13H,9-10,18H2,1-3H3. The molecule has 3 atom stereocenters. The highest BCUT2D eigenvalue weighted by Crippen LogP contribution is 2.35. The summed E-state index contributed by atoms with van der Waals surface area (Å²) in [6, 6.07) is 8.75. The van der Waals surface area contributed by atoms with E-state index in [4.69, 9.17) is 5.73 Å². The zero-order valence-electron chi connectivity index (χ0n) is 12.5. The van der Waals surface area contributed by atoms with E-state index in [1.54, 1.807) is 0 Å². The Balaban J connectivity index is 2.12. The van der Waals surface area contributed by atoms with Crippen LogP contribution in [0, 0.1) is 11.8 Å². The number of nitrogens with zero attached hydrogens (tertiary/aromatic N) is 2. The Morgan fingerprint density at radius 2 is 2.00 bits per heavy atom. The van der Waals surface area contributed by atoms with Crippen LogP contribution in [0.1, 0.15) is 27.2 Å². The topological polar surface area (TPSA) is 42.2 Å². The molecule has 3 nitrogen and oxygen atoms in total. The second kappa shape index (κ2) is 4.97. The number of anilines is 2. The maximum absolute atomic E-state index is 6.06. The molecule has 2 heterocycles. The van der Waals surface area contributed by atoms with Gasteiger partial charge in [0.1, 0.15) is 0 Å². The average molecular weight is 269 g/mol. The maximum atomic E-state index is 6.06. The molecule has 2 N–H and O–H groups in total. The number of para-hydroxylation sites is 1. The number of benzene rings is 1. The number of piperidine rings is 1. The van der Waals surface area contributed by atoms with Gasteiger partial charge in [0.15, 0.2) is 0 Å². The van der Waals surface area contributed by atoms with Gasteiger partial charge in [-0.15, -0.1) is 0 Å². The van der Waals surface area contributed by atoms with E-state index in [2.05, 4.69) is 42.8 Å². The van der Waals surface area contributed by atoms with Crippen LogP contribution in [-0.4, -0.2) is 17.6 Å². The minimum absolute atomic E-state index is 0.554. The fourth-order valence-electron chi connectivity index (χ4n) is 3.47. The molecule has 1 aromatic carbocycles. The minimum Gasteiger partial charge on any atom is -0.397 e. The third-order valence-electron chi connectivity index (χ3n) is 4.69. The minimum atomic E-state index is 0.554. The summed E-state index contributed by atoms with van der Waals surface area (Å²) in [6.07, 6.45) is 3.19. The van der Waals surface area contributed by atoms with Crippen LogP contribution in [0.5, 0.6) is 0 Å². The Morgan fingerprint density at radius 3 is 2.80 bits per heavy atom. The molecule has 1 fully saturated rings. The van der Waals surface area contributed by atoms with E-state index in [9.17, 15) is 0 Å². The van der Waals surface area contributed by atoms with E-state index in [0.717, 1.165) is 23.7 Å². The summed E-state index contributed by atoms with van der Waals surface area (Å²) in [6.45, 7) is 8.13. The van der Waals surface area contributed by atoms with Crippen molar-refractivity contribution < 1.29 is 0 Å². The van der Waals surface area contributed by atoms with Gasteiger partial charge in [0.2, 0.25) is 0 Å². The predicted molar refractivity (Wildman–Crippen MR) is 85.9 cm³/mol. The zero-order valence-corrected chi connectivity index (χ0v) is 12.5. The summed E-state index contributed by atoms with van der Waals surface area (Å²) in [5.41, 5.74) is 9.01. The smallest absolute Gasteiger partial charge is 0.0951 e. The highest BCUT2D eigenvalue weighted by Gasteiger charge is 2.29. The van der Waals surface area contributed by atoms with Gasteiger partial charge in [-0.05, 0) is 37.3 Å². The highest BCUT2D eigenvalue weighted by molar-refractivity contribution is 5.98. The summed E-state index contributed by atoms with van der Waals surface area (Å²) in [4.78, 5) is 6.98. The lowest BCUT2D eigenvalue weighted by atomic mass is 9.85. The highest BCUT2D eigenvalue weighted by atomic mass is 15.2. The third-order valence-corrected chi connectivity index (χ3v) is 4.69. The first-order chi connectivity index (χ1) is 9.58. The lowest BCUT2D eigenvalue weighted by Gasteiger charge is -2.43. The van der Waals surface area contributed by atoms with Crippen LogP contribution in [0.2, 0.25) is 0 Å². The molecule has 3 unspecified atom stereocenters. The molecular formula is C17H23N3. The van der Waals surface area contributed by atoms with E-state index >= 15 is 0 Å². The summed E-state index contributed by atoms with van der Waals surface area (Å²) in [5.74, 6) is 1.44. The van der Waals surface area contributed by atoms with Crippen molar-refractivity contribution in [2.75, 3.05) is 17.2 Å². The van der Waals surface area contributed by atoms with Crippen molar-refractivity contribution in [1.29, 1.82) is 0 Å². The van der Waals surface area contributed by atoms with Crippen LogP contribution in [0.4, 0.5) is 11.4 Å². The van der Waals surface area contributed by atoms with Crippen LogP contribution in [-0.2, 0) is 0 Å². The van der Waals surface area contributed by atoms with Crippen molar-refractivity contribution in [2.24, 2.45) is 11.8 Å². The zero-order chi connectivity index (χ0) is 14.3. The van der Waals surface area contributed by atoms with Gasteiger partial charge in [-0.25, -0.2) is 0 Å². The number of hydrogen-bond donors (Lipinski definition) is 1. The van der Waals surface area contributed by atoms with Crippen molar-refractivity contribution in [1.82, 2.24) is 4.98 Å². The quantitative estimate of drug-likeness (QED) is 0.803. The second-order valence-electron chi connectivity index (χ2n) is 6.28. The van der Waals surface area contributed by atoms with Crippen molar-refractivity contribution >= 4 is 22.3 Å². The molecular weight excluding hydrogens is 246 g/mol. The number of rotatable bonds is 1. The predicted octanol–water partition coefficient (Wildman–Crippen LogP) is 3.69. The van der Waals surface area contributed by atoms with Crippen molar-refractivity contribution in [3.8, 4) is 0 Å². The summed E-state index contributed by atoms with van der Waals surface area (Å²) >= 11 is 0. The van der Waals surface area contributed by atoms with E-state index < -0.39 is 0 Å². The fraction of sp³-hybridized carbons (Fsp3) is 0.471. The summed E-state index contributed by atoms with van der Waals surface area (Å²) in [5, 5.41) is 1.17. The Morgan fingerprint density at radius 1 is 1.20 bits per heavy atom. The summed E-state index contributed by atoms with van der Waals surface area (Å²) in [7, 11) is 0. The Hall–Kier alpha value is -1.77. The van der Waals surface area contributed by atoms with Gasteiger partial charge in [-0.3, -0.25) is 4.98 Å². The molecule has 1 aliphatic rings. The normalized spacial score (nSPS) is 26.9. The molecule has 3 heteroatoms. The molecule has 0 saturated carbocycles. The molecule has 3 rings (SSSR count). The Bertz CT molecular complexity index is 623. The van der Waals surface area contributed by atoms with Gasteiger partial charge in [0, 0.05) is 29.9 Å². The SMILES string of the molecule is CC1CC(C)C(C)N(c2ccnc3c(N)cccc23)C1. The van der Waals surface area contributed by atoms with Gasteiger partial charge in [-0.2, -0.15) is 0 Å². The van der Waals surface area contributed by atoms with Crippen molar-refractivity contribution in [3.63, 3.8) is 0 Å². The molecule has 2 aromatic rings. The van der Waals surface area contributed by atoms with Crippen LogP contribution >= 0.6 is 0 Å². The molecule has 1 aliphatic heterocycles. The first kappa shape index (κ1) is 13.2. The van der Waals surface area contributed by atoms with Crippen LogP contribution in [0.25, 0.3) is 10.9 Å². The molecule has 0 spiro atoms. The molecule has 106 valence electrons. The number of nitrogens with two attached hydrogens (primary N) is 1. The van der Waals surface area contributed by atoms with Crippen LogP contribution < -0.4 is 10.6 Å². The van der Waals surface area contributed by atoms with E-state index in [0.29, 0.717) is 12.0 Å². The lowest BCUT2D eigenvalue weighted by molar-refractivity contribution is 0.297. The fourth-order valence-corrected chi connectivity index (χ4v) is 3.47. The molecule has 0 aliphatic carbocycles. The van der Waals surface area contributed by atoms with Crippen LogP contribution in [0.3, 0.4) is 0 Å². The van der Waals surface area contributed by atoms with Gasteiger partial charge in [-0.1, -0.05) is 26.0 Å². The summed E-state index contributed by atoms with van der Waals surface area (Å²) < 4.78 is 0. The molecule has 1 saturated heterocycles. The van der Waals surface area contributed by atoms with E-state index in [-0.39, 0.29) is 0 Å². The molecule has 0 bridgehead atoms. The molecule has 0 radical (unpaired) electrons. The van der Waals surface area contributed by atoms with E-state index in [1.165, 1.54) is 17.5 Å². The van der Waals surface area contributed by atoms with E-state index in [1.807, 2.05) is 18.3 Å².